The van der Waals surface area contributed by atoms with Crippen LogP contribution in [-0.2, 0) is 16.8 Å². The van der Waals surface area contributed by atoms with Gasteiger partial charge in [0.1, 0.15) is 5.75 Å². The lowest BCUT2D eigenvalue weighted by Crippen LogP contribution is -2.27. The van der Waals surface area contributed by atoms with E-state index in [-0.39, 0.29) is 11.8 Å². The Morgan fingerprint density at radius 2 is 1.96 bits per heavy atom. The van der Waals surface area contributed by atoms with Crippen molar-refractivity contribution >= 4 is 17.5 Å². The lowest BCUT2D eigenvalue weighted by atomic mass is 9.85. The molecule has 1 aliphatic heterocycles. The second kappa shape index (κ2) is 6.00. The molecule has 0 fully saturated rings. The van der Waals surface area contributed by atoms with E-state index in [1.54, 1.807) is 25.3 Å². The first-order chi connectivity index (χ1) is 11.4. The molecule has 2 amide bonds. The van der Waals surface area contributed by atoms with E-state index in [9.17, 15) is 9.59 Å². The van der Waals surface area contributed by atoms with Gasteiger partial charge in [0.15, 0.2) is 0 Å². The van der Waals surface area contributed by atoms with Crippen molar-refractivity contribution in [1.29, 1.82) is 0 Å². The zero-order valence-corrected chi connectivity index (χ0v) is 14.0. The summed E-state index contributed by atoms with van der Waals surface area (Å²) in [4.78, 5) is 24.3. The van der Waals surface area contributed by atoms with Crippen molar-refractivity contribution in [3.05, 3.63) is 59.2 Å². The van der Waals surface area contributed by atoms with Crippen LogP contribution < -0.4 is 15.4 Å². The fourth-order valence-corrected chi connectivity index (χ4v) is 2.84. The van der Waals surface area contributed by atoms with Crippen LogP contribution >= 0.6 is 0 Å². The van der Waals surface area contributed by atoms with Gasteiger partial charge in [-0.05, 0) is 43.2 Å². The van der Waals surface area contributed by atoms with Crippen LogP contribution in [0.2, 0.25) is 0 Å². The van der Waals surface area contributed by atoms with Gasteiger partial charge in [0.05, 0.1) is 18.1 Å². The smallest absolute Gasteiger partial charge is 0.255 e. The summed E-state index contributed by atoms with van der Waals surface area (Å²) in [7, 11) is 1.54. The predicted molar refractivity (Wildman–Crippen MR) is 92.3 cm³/mol. The number of anilines is 1. The van der Waals surface area contributed by atoms with Crippen molar-refractivity contribution in [2.75, 3.05) is 12.4 Å². The third-order valence-corrected chi connectivity index (χ3v) is 4.38. The molecular weight excluding hydrogens is 304 g/mol. The molecule has 5 heteroatoms. The second-order valence-corrected chi connectivity index (χ2v) is 6.34. The summed E-state index contributed by atoms with van der Waals surface area (Å²) in [5.41, 5.74) is 2.68. The minimum atomic E-state index is -0.558. The number of para-hydroxylation sites is 1. The molecule has 0 aliphatic carbocycles. The molecule has 0 aromatic heterocycles. The first-order valence-electron chi connectivity index (χ1n) is 7.79. The quantitative estimate of drug-likeness (QED) is 0.909. The molecule has 0 radical (unpaired) electrons. The number of fused-ring (bicyclic) bond motifs is 1. The molecule has 0 atom stereocenters. The van der Waals surface area contributed by atoms with E-state index in [1.165, 1.54) is 0 Å². The van der Waals surface area contributed by atoms with Gasteiger partial charge in [-0.15, -0.1) is 0 Å². The summed E-state index contributed by atoms with van der Waals surface area (Å²) in [6.07, 6.45) is 0. The number of nitrogens with one attached hydrogen (secondary N) is 2. The van der Waals surface area contributed by atoms with Gasteiger partial charge in [-0.1, -0.05) is 24.3 Å². The van der Waals surface area contributed by atoms with Gasteiger partial charge >= 0.3 is 0 Å². The highest BCUT2D eigenvalue weighted by molar-refractivity contribution is 6.05. The summed E-state index contributed by atoms with van der Waals surface area (Å²) in [5, 5.41) is 5.77. The van der Waals surface area contributed by atoms with Gasteiger partial charge in [0.25, 0.3) is 5.91 Å². The van der Waals surface area contributed by atoms with Gasteiger partial charge in [-0.25, -0.2) is 0 Å². The molecule has 5 nitrogen and oxygen atoms in total. The van der Waals surface area contributed by atoms with E-state index in [0.29, 0.717) is 17.9 Å². The summed E-state index contributed by atoms with van der Waals surface area (Å²) in [6, 6.07) is 12.9. The normalized spacial score (nSPS) is 14.7. The molecule has 0 unspecified atom stereocenters. The van der Waals surface area contributed by atoms with E-state index in [1.807, 2.05) is 38.1 Å². The van der Waals surface area contributed by atoms with Crippen molar-refractivity contribution in [2.45, 2.75) is 25.8 Å². The van der Waals surface area contributed by atoms with E-state index < -0.39 is 5.41 Å². The molecule has 0 spiro atoms. The number of rotatable bonds is 4. The number of carbonyl (C=O) groups is 2. The van der Waals surface area contributed by atoms with Crippen LogP contribution in [0.15, 0.2) is 42.5 Å². The lowest BCUT2D eigenvalue weighted by molar-refractivity contribution is -0.119. The van der Waals surface area contributed by atoms with Gasteiger partial charge in [-0.3, -0.25) is 9.59 Å². The van der Waals surface area contributed by atoms with Gasteiger partial charge in [0, 0.05) is 12.2 Å². The molecule has 24 heavy (non-hydrogen) atoms. The molecule has 1 heterocycles. The Morgan fingerprint density at radius 3 is 2.71 bits per heavy atom. The summed E-state index contributed by atoms with van der Waals surface area (Å²) < 4.78 is 5.21. The number of hydrogen-bond acceptors (Lipinski definition) is 3. The van der Waals surface area contributed by atoms with Crippen LogP contribution in [0.1, 0.15) is 35.3 Å². The zero-order chi connectivity index (χ0) is 17.3. The average molecular weight is 324 g/mol. The maximum absolute atomic E-state index is 12.4. The molecular formula is C19H20N2O3. The topological polar surface area (TPSA) is 67.4 Å². The van der Waals surface area contributed by atoms with Crippen LogP contribution in [0.3, 0.4) is 0 Å². The summed E-state index contributed by atoms with van der Waals surface area (Å²) >= 11 is 0. The van der Waals surface area contributed by atoms with E-state index in [4.69, 9.17) is 4.74 Å². The monoisotopic (exact) mass is 324 g/mol. The van der Waals surface area contributed by atoms with Crippen LogP contribution in [0.25, 0.3) is 0 Å². The molecule has 2 aromatic rings. The molecule has 2 aromatic carbocycles. The lowest BCUT2D eigenvalue weighted by Gasteiger charge is -2.16. The van der Waals surface area contributed by atoms with Crippen LogP contribution in [0, 0.1) is 0 Å². The van der Waals surface area contributed by atoms with Crippen molar-refractivity contribution in [3.8, 4) is 5.75 Å². The minimum Gasteiger partial charge on any atom is -0.496 e. The predicted octanol–water partition coefficient (Wildman–Crippen LogP) is 2.85. The van der Waals surface area contributed by atoms with Gasteiger partial charge in [0.2, 0.25) is 5.91 Å². The molecule has 1 aliphatic rings. The SMILES string of the molecule is COc1ccccc1C(=O)NCc1ccc2c(c1)C(C)(C)C(=O)N2. The Morgan fingerprint density at radius 1 is 1.21 bits per heavy atom. The van der Waals surface area contributed by atoms with Crippen molar-refractivity contribution in [1.82, 2.24) is 5.32 Å². The number of carbonyl (C=O) groups excluding carboxylic acids is 2. The van der Waals surface area contributed by atoms with Crippen molar-refractivity contribution in [3.63, 3.8) is 0 Å². The van der Waals surface area contributed by atoms with E-state index in [0.717, 1.165) is 16.8 Å². The van der Waals surface area contributed by atoms with E-state index in [2.05, 4.69) is 10.6 Å². The maximum Gasteiger partial charge on any atom is 0.255 e. The van der Waals surface area contributed by atoms with E-state index >= 15 is 0 Å². The maximum atomic E-state index is 12.4. The molecule has 2 N–H and O–H groups in total. The molecule has 0 saturated heterocycles. The largest absolute Gasteiger partial charge is 0.496 e. The van der Waals surface area contributed by atoms with Crippen LogP contribution in [0.5, 0.6) is 5.75 Å². The first kappa shape index (κ1) is 16.1. The first-order valence-corrected chi connectivity index (χ1v) is 7.79. The Hall–Kier alpha value is -2.82. The number of benzene rings is 2. The number of ether oxygens (including phenoxy) is 1. The Bertz CT molecular complexity index is 812. The van der Waals surface area contributed by atoms with Crippen LogP contribution in [0.4, 0.5) is 5.69 Å². The second-order valence-electron chi connectivity index (χ2n) is 6.34. The minimum absolute atomic E-state index is 0.00675. The van der Waals surface area contributed by atoms with Crippen molar-refractivity contribution < 1.29 is 14.3 Å². The molecule has 3 rings (SSSR count). The number of hydrogen-bond donors (Lipinski definition) is 2. The van der Waals surface area contributed by atoms with Gasteiger partial charge < -0.3 is 15.4 Å². The molecule has 124 valence electrons. The standard InChI is InChI=1S/C19H20N2O3/c1-19(2)14-10-12(8-9-15(14)21-18(19)23)11-20-17(22)13-6-4-5-7-16(13)24-3/h4-10H,11H2,1-3H3,(H,20,22)(H,21,23). The highest BCUT2D eigenvalue weighted by atomic mass is 16.5. The summed E-state index contributed by atoms with van der Waals surface area (Å²) in [5.74, 6) is 0.342. The zero-order valence-electron chi connectivity index (χ0n) is 14.0. The highest BCUT2D eigenvalue weighted by Crippen LogP contribution is 2.37. The Labute approximate surface area is 141 Å². The fraction of sp³-hybridized carbons (Fsp3) is 0.263. The third kappa shape index (κ3) is 2.73. The highest BCUT2D eigenvalue weighted by Gasteiger charge is 2.38. The van der Waals surface area contributed by atoms with Gasteiger partial charge in [-0.2, -0.15) is 0 Å². The molecule has 0 bridgehead atoms. The average Bonchev–Trinajstić information content (AvgIpc) is 2.82. The number of amides is 2. The third-order valence-electron chi connectivity index (χ3n) is 4.38. The fourth-order valence-electron chi connectivity index (χ4n) is 2.84. The summed E-state index contributed by atoms with van der Waals surface area (Å²) in [6.45, 7) is 4.17. The van der Waals surface area contributed by atoms with Crippen LogP contribution in [-0.4, -0.2) is 18.9 Å². The molecule has 0 saturated carbocycles. The van der Waals surface area contributed by atoms with Crippen molar-refractivity contribution in [2.24, 2.45) is 0 Å². The number of methoxy groups -OCH3 is 1. The Kier molecular flexibility index (Phi) is 4.01. The Balaban J connectivity index is 1.76.